The van der Waals surface area contributed by atoms with E-state index in [0.717, 1.165) is 90.7 Å². The highest BCUT2D eigenvalue weighted by Gasteiger charge is 2.39. The maximum absolute atomic E-state index is 6.16. The minimum absolute atomic E-state index is 0. The molecule has 4 aliphatic heterocycles. The molecule has 0 saturated carbocycles. The van der Waals surface area contributed by atoms with Crippen molar-refractivity contribution in [3.8, 4) is 0 Å². The fourth-order valence-electron chi connectivity index (χ4n) is 5.42. The number of likely N-dealkylation sites (tertiary alicyclic amines) is 2. The van der Waals surface area contributed by atoms with Crippen LogP contribution >= 0.6 is 24.0 Å². The van der Waals surface area contributed by atoms with Crippen LogP contribution in [0.25, 0.3) is 0 Å². The molecule has 0 radical (unpaired) electrons. The lowest BCUT2D eigenvalue weighted by Crippen LogP contribution is -2.54. The second-order valence-corrected chi connectivity index (χ2v) is 9.36. The van der Waals surface area contributed by atoms with E-state index >= 15 is 0 Å². The summed E-state index contributed by atoms with van der Waals surface area (Å²) in [6.07, 6.45) is 10.0. The smallest absolute Gasteiger partial charge is 0.193 e. The monoisotopic (exact) mass is 550 g/mol. The third-order valence-corrected chi connectivity index (χ3v) is 7.34. The van der Waals surface area contributed by atoms with Crippen molar-refractivity contribution in [3.05, 3.63) is 0 Å². The molecule has 0 bridgehead atoms. The number of rotatable bonds is 7. The number of aliphatic imine (C=N–C) groups is 1. The minimum Gasteiger partial charge on any atom is -0.381 e. The average molecular weight is 551 g/mol. The Morgan fingerprint density at radius 1 is 1.03 bits per heavy atom. The maximum Gasteiger partial charge on any atom is 0.193 e. The summed E-state index contributed by atoms with van der Waals surface area (Å²) in [6, 6.07) is 0. The van der Waals surface area contributed by atoms with E-state index in [2.05, 4.69) is 22.0 Å². The van der Waals surface area contributed by atoms with E-state index in [1.54, 1.807) is 0 Å². The normalized spacial score (nSPS) is 28.0. The summed E-state index contributed by atoms with van der Waals surface area (Å²) in [4.78, 5) is 10.3. The van der Waals surface area contributed by atoms with Gasteiger partial charge in [-0.05, 0) is 71.4 Å². The number of nitrogens with one attached hydrogen (secondary N) is 1. The number of piperidine rings is 1. The number of hydrogen-bond donors (Lipinski definition) is 1. The summed E-state index contributed by atoms with van der Waals surface area (Å²) in [5.41, 5.74) is 0.193. The van der Waals surface area contributed by atoms with Crippen LogP contribution in [0.15, 0.2) is 4.99 Å². The predicted octanol–water partition coefficient (Wildman–Crippen LogP) is 2.87. The van der Waals surface area contributed by atoms with Crippen LogP contribution in [0, 0.1) is 0 Å². The molecule has 4 aliphatic rings. The molecular weight excluding hydrogens is 507 g/mol. The van der Waals surface area contributed by atoms with E-state index in [1.165, 1.54) is 32.4 Å². The summed E-state index contributed by atoms with van der Waals surface area (Å²) in [7, 11) is 0. The molecule has 180 valence electrons. The SMILES string of the molecule is CCNC(=NCC1(N2CCCC2)CCOCC1)N1CCC(OCC2CCCO2)CC1.I. The summed E-state index contributed by atoms with van der Waals surface area (Å²) in [6.45, 7) is 11.8. The van der Waals surface area contributed by atoms with Gasteiger partial charge in [-0.3, -0.25) is 9.89 Å². The van der Waals surface area contributed by atoms with Gasteiger partial charge in [-0.15, -0.1) is 24.0 Å². The first kappa shape index (κ1) is 25.5. The Labute approximate surface area is 205 Å². The highest BCUT2D eigenvalue weighted by Crippen LogP contribution is 2.32. The van der Waals surface area contributed by atoms with Gasteiger partial charge in [-0.25, -0.2) is 0 Å². The third kappa shape index (κ3) is 6.91. The van der Waals surface area contributed by atoms with Gasteiger partial charge in [0.25, 0.3) is 0 Å². The van der Waals surface area contributed by atoms with Crippen LogP contribution in [0.4, 0.5) is 0 Å². The molecule has 8 heteroatoms. The first-order valence-electron chi connectivity index (χ1n) is 12.4. The maximum atomic E-state index is 6.16. The molecule has 7 nitrogen and oxygen atoms in total. The molecule has 4 heterocycles. The fourth-order valence-corrected chi connectivity index (χ4v) is 5.42. The van der Waals surface area contributed by atoms with Crippen LogP contribution in [0.5, 0.6) is 0 Å². The summed E-state index contributed by atoms with van der Waals surface area (Å²) in [5, 5.41) is 3.56. The summed E-state index contributed by atoms with van der Waals surface area (Å²) < 4.78 is 17.6. The second kappa shape index (κ2) is 12.9. The van der Waals surface area contributed by atoms with Gasteiger partial charge >= 0.3 is 0 Å². The molecule has 0 aromatic heterocycles. The zero-order valence-electron chi connectivity index (χ0n) is 19.4. The van der Waals surface area contributed by atoms with Gasteiger partial charge in [0.15, 0.2) is 5.96 Å². The van der Waals surface area contributed by atoms with Crippen LogP contribution < -0.4 is 5.32 Å². The molecule has 1 unspecified atom stereocenters. The minimum atomic E-state index is 0. The van der Waals surface area contributed by atoms with Gasteiger partial charge in [0, 0.05) is 45.0 Å². The lowest BCUT2D eigenvalue weighted by molar-refractivity contribution is -0.0368. The standard InChI is InChI=1S/C23H42N4O3.HI/c1-2-24-22(25-19-23(9-16-28-17-10-23)27-11-3-4-12-27)26-13-7-20(8-14-26)30-18-21-6-5-15-29-21;/h20-21H,2-19H2,1H3,(H,24,25);1H. The fraction of sp³-hybridized carbons (Fsp3) is 0.957. The van der Waals surface area contributed by atoms with Crippen molar-refractivity contribution in [2.75, 3.05) is 65.7 Å². The molecule has 0 aromatic carbocycles. The summed E-state index contributed by atoms with van der Waals surface area (Å²) >= 11 is 0. The lowest BCUT2D eigenvalue weighted by atomic mass is 9.88. The first-order chi connectivity index (χ1) is 14.8. The zero-order chi connectivity index (χ0) is 20.7. The zero-order valence-corrected chi connectivity index (χ0v) is 21.7. The first-order valence-corrected chi connectivity index (χ1v) is 12.4. The Morgan fingerprint density at radius 2 is 1.77 bits per heavy atom. The van der Waals surface area contributed by atoms with Crippen LogP contribution in [-0.2, 0) is 14.2 Å². The number of nitrogens with zero attached hydrogens (tertiary/aromatic N) is 3. The Hall–Kier alpha value is -0.160. The number of hydrogen-bond acceptors (Lipinski definition) is 5. The van der Waals surface area contributed by atoms with Crippen LogP contribution in [-0.4, -0.2) is 99.2 Å². The molecule has 31 heavy (non-hydrogen) atoms. The molecule has 0 spiro atoms. The molecule has 0 aliphatic carbocycles. The van der Waals surface area contributed by atoms with E-state index in [0.29, 0.717) is 12.2 Å². The third-order valence-electron chi connectivity index (χ3n) is 7.34. The van der Waals surface area contributed by atoms with Crippen molar-refractivity contribution in [1.29, 1.82) is 0 Å². The largest absolute Gasteiger partial charge is 0.381 e. The quantitative estimate of drug-likeness (QED) is 0.299. The van der Waals surface area contributed by atoms with Crippen molar-refractivity contribution in [2.24, 2.45) is 4.99 Å². The van der Waals surface area contributed by atoms with Gasteiger partial charge in [-0.2, -0.15) is 0 Å². The van der Waals surface area contributed by atoms with E-state index in [-0.39, 0.29) is 29.5 Å². The van der Waals surface area contributed by atoms with E-state index in [4.69, 9.17) is 19.2 Å². The Kier molecular flexibility index (Phi) is 10.6. The number of ether oxygens (including phenoxy) is 3. The highest BCUT2D eigenvalue weighted by molar-refractivity contribution is 14.0. The van der Waals surface area contributed by atoms with Crippen LogP contribution in [0.3, 0.4) is 0 Å². The predicted molar refractivity (Wildman–Crippen MR) is 135 cm³/mol. The molecule has 4 saturated heterocycles. The molecule has 1 atom stereocenters. The number of halogens is 1. The Balaban J connectivity index is 0.00000272. The number of guanidine groups is 1. The van der Waals surface area contributed by atoms with Crippen molar-refractivity contribution in [1.82, 2.24) is 15.1 Å². The van der Waals surface area contributed by atoms with E-state index in [9.17, 15) is 0 Å². The Morgan fingerprint density at radius 3 is 2.42 bits per heavy atom. The van der Waals surface area contributed by atoms with Gasteiger partial charge in [0.05, 0.1) is 25.4 Å². The van der Waals surface area contributed by atoms with Crippen molar-refractivity contribution in [3.63, 3.8) is 0 Å². The molecule has 4 rings (SSSR count). The molecule has 1 N–H and O–H groups in total. The molecular formula is C23H43IN4O3. The highest BCUT2D eigenvalue weighted by atomic mass is 127. The van der Waals surface area contributed by atoms with Crippen molar-refractivity contribution >= 4 is 29.9 Å². The molecule has 4 fully saturated rings. The molecule has 0 amide bonds. The van der Waals surface area contributed by atoms with Crippen molar-refractivity contribution in [2.45, 2.75) is 76.0 Å². The summed E-state index contributed by atoms with van der Waals surface area (Å²) in [5.74, 6) is 1.08. The second-order valence-electron chi connectivity index (χ2n) is 9.36. The van der Waals surface area contributed by atoms with E-state index in [1.807, 2.05) is 0 Å². The van der Waals surface area contributed by atoms with Gasteiger partial charge in [-0.1, -0.05) is 0 Å². The van der Waals surface area contributed by atoms with E-state index < -0.39 is 0 Å². The van der Waals surface area contributed by atoms with Crippen LogP contribution in [0.1, 0.15) is 58.3 Å². The van der Waals surface area contributed by atoms with Gasteiger partial charge in [0.2, 0.25) is 0 Å². The average Bonchev–Trinajstić information content (AvgIpc) is 3.51. The molecule has 0 aromatic rings. The van der Waals surface area contributed by atoms with Gasteiger partial charge in [0.1, 0.15) is 0 Å². The Bertz CT molecular complexity index is 539. The van der Waals surface area contributed by atoms with Crippen LogP contribution in [0.2, 0.25) is 0 Å². The lowest BCUT2D eigenvalue weighted by Gasteiger charge is -2.44. The van der Waals surface area contributed by atoms with Crippen molar-refractivity contribution < 1.29 is 14.2 Å². The van der Waals surface area contributed by atoms with Gasteiger partial charge < -0.3 is 24.4 Å². The topological polar surface area (TPSA) is 58.6 Å².